The lowest BCUT2D eigenvalue weighted by Crippen LogP contribution is -2.46. The molecule has 0 fully saturated rings. The van der Waals surface area contributed by atoms with Gasteiger partial charge in [-0.05, 0) is 48.0 Å². The van der Waals surface area contributed by atoms with E-state index in [-0.39, 0.29) is 12.6 Å². The largest absolute Gasteiger partial charge is 0.497 e. The van der Waals surface area contributed by atoms with Gasteiger partial charge in [-0.1, -0.05) is 34.1 Å². The highest BCUT2D eigenvalue weighted by atomic mass is 79.9. The van der Waals surface area contributed by atoms with E-state index >= 15 is 0 Å². The van der Waals surface area contributed by atoms with Crippen LogP contribution in [0.4, 0.5) is 10.5 Å². The first-order chi connectivity index (χ1) is 15.6. The van der Waals surface area contributed by atoms with Crippen molar-refractivity contribution in [3.8, 4) is 5.75 Å². The van der Waals surface area contributed by atoms with Crippen LogP contribution in [0, 0.1) is 0 Å². The Labute approximate surface area is 194 Å². The summed E-state index contributed by atoms with van der Waals surface area (Å²) >= 11 is 3.40. The van der Waals surface area contributed by atoms with Gasteiger partial charge in [0.15, 0.2) is 0 Å². The molecular formula is C24H23BrN4O3. The molecule has 4 rings (SSSR count). The van der Waals surface area contributed by atoms with E-state index in [0.717, 1.165) is 21.3 Å². The van der Waals surface area contributed by atoms with Crippen LogP contribution in [0.25, 0.3) is 0 Å². The fourth-order valence-electron chi connectivity index (χ4n) is 3.90. The van der Waals surface area contributed by atoms with Crippen molar-refractivity contribution in [3.05, 3.63) is 88.7 Å². The van der Waals surface area contributed by atoms with Crippen LogP contribution in [-0.2, 0) is 5.54 Å². The third kappa shape index (κ3) is 4.37. The normalized spacial score (nSPS) is 17.7. The van der Waals surface area contributed by atoms with E-state index in [4.69, 9.17) is 9.84 Å². The molecule has 1 aromatic heterocycles. The molecule has 1 aliphatic heterocycles. The lowest BCUT2D eigenvalue weighted by Gasteiger charge is -2.36. The number of aromatic nitrogens is 1. The zero-order valence-corrected chi connectivity index (χ0v) is 19.1. The number of pyridine rings is 1. The van der Waals surface area contributed by atoms with Crippen LogP contribution in [0.3, 0.4) is 0 Å². The summed E-state index contributed by atoms with van der Waals surface area (Å²) in [5, 5.41) is 19.1. The minimum atomic E-state index is -0.856. The SMILES string of the molecule is COc1ccc([C@@]2(CCO)CC(c3cccnc3)=NN2C(=O)Nc2ccc(Br)cc2)cc1. The maximum Gasteiger partial charge on any atom is 0.343 e. The number of rotatable bonds is 6. The van der Waals surface area contributed by atoms with E-state index in [1.165, 1.54) is 5.01 Å². The fraction of sp³-hybridized carbons (Fsp3) is 0.208. The molecule has 1 atom stereocenters. The number of nitrogens with one attached hydrogen (secondary N) is 1. The second-order valence-electron chi connectivity index (χ2n) is 7.45. The van der Waals surface area contributed by atoms with Crippen LogP contribution in [-0.4, -0.2) is 40.6 Å². The standard InChI is InChI=1S/C24H23BrN4O3/c1-32-21-10-4-18(5-11-21)24(12-14-30)15-22(17-3-2-13-26-16-17)28-29(24)23(31)27-20-8-6-19(25)7-9-20/h2-11,13,16,30H,12,14-15H2,1H3,(H,27,31)/t24-/m1/s1. The van der Waals surface area contributed by atoms with Gasteiger partial charge in [0.1, 0.15) is 11.3 Å². The number of hydrogen-bond donors (Lipinski definition) is 2. The maximum atomic E-state index is 13.4. The van der Waals surface area contributed by atoms with Crippen molar-refractivity contribution >= 4 is 33.4 Å². The first-order valence-electron chi connectivity index (χ1n) is 10.2. The average Bonchev–Trinajstić information content (AvgIpc) is 3.22. The van der Waals surface area contributed by atoms with Gasteiger partial charge in [-0.2, -0.15) is 5.10 Å². The summed E-state index contributed by atoms with van der Waals surface area (Å²) < 4.78 is 6.21. The zero-order chi connectivity index (χ0) is 22.6. The number of halogens is 1. The van der Waals surface area contributed by atoms with Gasteiger partial charge in [-0.15, -0.1) is 0 Å². The molecule has 32 heavy (non-hydrogen) atoms. The van der Waals surface area contributed by atoms with Gasteiger partial charge in [0.05, 0.1) is 12.8 Å². The number of nitrogens with zero attached hydrogens (tertiary/aromatic N) is 3. The highest BCUT2D eigenvalue weighted by Crippen LogP contribution is 2.42. The predicted molar refractivity (Wildman–Crippen MR) is 127 cm³/mol. The van der Waals surface area contributed by atoms with Crippen LogP contribution in [0.1, 0.15) is 24.0 Å². The number of hydrogen-bond acceptors (Lipinski definition) is 5. The van der Waals surface area contributed by atoms with Crippen LogP contribution in [0.15, 0.2) is 82.6 Å². The third-order valence-corrected chi connectivity index (χ3v) is 6.05. The summed E-state index contributed by atoms with van der Waals surface area (Å²) in [4.78, 5) is 17.6. The molecule has 2 aromatic carbocycles. The number of aliphatic hydroxyl groups excluding tert-OH is 1. The molecule has 2 heterocycles. The first kappa shape index (κ1) is 22.0. The third-order valence-electron chi connectivity index (χ3n) is 5.52. The summed E-state index contributed by atoms with van der Waals surface area (Å²) in [5.74, 6) is 0.713. The number of carbonyl (C=O) groups is 1. The number of amides is 2. The Morgan fingerprint density at radius 1 is 1.19 bits per heavy atom. The molecular weight excluding hydrogens is 472 g/mol. The van der Waals surface area contributed by atoms with Crippen LogP contribution >= 0.6 is 15.9 Å². The highest BCUT2D eigenvalue weighted by Gasteiger charge is 2.47. The van der Waals surface area contributed by atoms with Gasteiger partial charge in [-0.25, -0.2) is 9.80 Å². The van der Waals surface area contributed by atoms with Crippen molar-refractivity contribution in [2.45, 2.75) is 18.4 Å². The van der Waals surface area contributed by atoms with E-state index in [1.54, 1.807) is 19.5 Å². The molecule has 0 aliphatic carbocycles. The Bertz CT molecular complexity index is 1100. The summed E-state index contributed by atoms with van der Waals surface area (Å²) in [6.07, 6.45) is 4.19. The van der Waals surface area contributed by atoms with Crippen molar-refractivity contribution in [2.75, 3.05) is 19.0 Å². The monoisotopic (exact) mass is 494 g/mol. The number of methoxy groups -OCH3 is 1. The fourth-order valence-corrected chi connectivity index (χ4v) is 4.16. The van der Waals surface area contributed by atoms with Crippen LogP contribution < -0.4 is 10.1 Å². The molecule has 8 heteroatoms. The second kappa shape index (κ2) is 9.50. The molecule has 2 N–H and O–H groups in total. The number of hydrazone groups is 1. The van der Waals surface area contributed by atoms with Gasteiger partial charge in [0.2, 0.25) is 0 Å². The van der Waals surface area contributed by atoms with Crippen molar-refractivity contribution in [1.82, 2.24) is 9.99 Å². The van der Waals surface area contributed by atoms with Crippen LogP contribution in [0.5, 0.6) is 5.75 Å². The summed E-state index contributed by atoms with van der Waals surface area (Å²) in [5.41, 5.74) is 2.22. The lowest BCUT2D eigenvalue weighted by atomic mass is 9.81. The molecule has 2 amide bonds. The number of benzene rings is 2. The quantitative estimate of drug-likeness (QED) is 0.516. The van der Waals surface area contributed by atoms with Gasteiger partial charge in [0, 0.05) is 47.6 Å². The second-order valence-corrected chi connectivity index (χ2v) is 8.36. The number of urea groups is 1. The van der Waals surface area contributed by atoms with Gasteiger partial charge in [0.25, 0.3) is 0 Å². The Balaban J connectivity index is 1.76. The predicted octanol–water partition coefficient (Wildman–Crippen LogP) is 4.77. The zero-order valence-electron chi connectivity index (χ0n) is 17.5. The topological polar surface area (TPSA) is 87.1 Å². The van der Waals surface area contributed by atoms with E-state index in [0.29, 0.717) is 24.3 Å². The van der Waals surface area contributed by atoms with Gasteiger partial charge < -0.3 is 15.2 Å². The van der Waals surface area contributed by atoms with E-state index in [9.17, 15) is 9.90 Å². The first-order valence-corrected chi connectivity index (χ1v) is 10.9. The van der Waals surface area contributed by atoms with E-state index in [1.807, 2.05) is 60.7 Å². The average molecular weight is 495 g/mol. The lowest BCUT2D eigenvalue weighted by molar-refractivity contribution is 0.112. The summed E-state index contributed by atoms with van der Waals surface area (Å²) in [6, 6.07) is 18.2. The Morgan fingerprint density at radius 3 is 2.56 bits per heavy atom. The summed E-state index contributed by atoms with van der Waals surface area (Å²) in [7, 11) is 1.61. The minimum absolute atomic E-state index is 0.107. The summed E-state index contributed by atoms with van der Waals surface area (Å²) in [6.45, 7) is -0.107. The number of anilines is 1. The number of carbonyl (C=O) groups excluding carboxylic acids is 1. The smallest absolute Gasteiger partial charge is 0.343 e. The minimum Gasteiger partial charge on any atom is -0.497 e. The number of ether oxygens (including phenoxy) is 1. The molecule has 1 aliphatic rings. The molecule has 164 valence electrons. The van der Waals surface area contributed by atoms with Crippen molar-refractivity contribution in [3.63, 3.8) is 0 Å². The maximum absolute atomic E-state index is 13.4. The molecule has 0 unspecified atom stereocenters. The Kier molecular flexibility index (Phi) is 6.53. The van der Waals surface area contributed by atoms with E-state index < -0.39 is 5.54 Å². The van der Waals surface area contributed by atoms with Crippen LogP contribution in [0.2, 0.25) is 0 Å². The van der Waals surface area contributed by atoms with Crippen molar-refractivity contribution < 1.29 is 14.6 Å². The highest BCUT2D eigenvalue weighted by molar-refractivity contribution is 9.10. The Morgan fingerprint density at radius 2 is 1.94 bits per heavy atom. The molecule has 7 nitrogen and oxygen atoms in total. The van der Waals surface area contributed by atoms with Gasteiger partial charge in [-0.3, -0.25) is 4.98 Å². The molecule has 0 spiro atoms. The van der Waals surface area contributed by atoms with Crippen molar-refractivity contribution in [1.29, 1.82) is 0 Å². The molecule has 0 saturated heterocycles. The number of aliphatic hydroxyl groups is 1. The molecule has 3 aromatic rings. The van der Waals surface area contributed by atoms with Gasteiger partial charge >= 0.3 is 6.03 Å². The van der Waals surface area contributed by atoms with Crippen molar-refractivity contribution in [2.24, 2.45) is 5.10 Å². The Hall–Kier alpha value is -3.23. The molecule has 0 radical (unpaired) electrons. The molecule has 0 bridgehead atoms. The molecule has 0 saturated carbocycles. The van der Waals surface area contributed by atoms with E-state index in [2.05, 4.69) is 26.2 Å².